The molecular formula is C17H16O2S2. The molecule has 2 aromatic rings. The largest absolute Gasteiger partial charge is 0.362 e. The summed E-state index contributed by atoms with van der Waals surface area (Å²) >= 11 is 3.63. The van der Waals surface area contributed by atoms with Gasteiger partial charge in [0.25, 0.3) is 0 Å². The number of fused-ring (bicyclic) bond motifs is 2. The Morgan fingerprint density at radius 1 is 0.762 bits per heavy atom. The van der Waals surface area contributed by atoms with Gasteiger partial charge in [-0.1, -0.05) is 59.9 Å². The Kier molecular flexibility index (Phi) is 3.95. The SMILES string of the molecule is c1ccc2c(c1)COC(CC1OCc3ccccc3S1)S2. The van der Waals surface area contributed by atoms with Crippen LogP contribution in [-0.2, 0) is 22.7 Å². The molecule has 2 aromatic carbocycles. The van der Waals surface area contributed by atoms with E-state index in [4.69, 9.17) is 9.47 Å². The van der Waals surface area contributed by atoms with Gasteiger partial charge in [0.1, 0.15) is 10.9 Å². The van der Waals surface area contributed by atoms with E-state index in [1.165, 1.54) is 20.9 Å². The molecule has 4 rings (SSSR count). The first-order valence-corrected chi connectivity index (χ1v) is 8.87. The summed E-state index contributed by atoms with van der Waals surface area (Å²) in [5.41, 5.74) is 2.95. The molecule has 2 atom stereocenters. The van der Waals surface area contributed by atoms with Crippen molar-refractivity contribution in [3.8, 4) is 0 Å². The number of rotatable bonds is 2. The molecule has 0 saturated carbocycles. The van der Waals surface area contributed by atoms with Crippen molar-refractivity contribution in [2.75, 3.05) is 0 Å². The molecule has 0 spiro atoms. The monoisotopic (exact) mass is 316 g/mol. The smallest absolute Gasteiger partial charge is 0.111 e. The topological polar surface area (TPSA) is 18.5 Å². The maximum atomic E-state index is 5.96. The van der Waals surface area contributed by atoms with Gasteiger partial charge in [-0.3, -0.25) is 0 Å². The molecule has 2 heterocycles. The Morgan fingerprint density at radius 2 is 1.24 bits per heavy atom. The Labute approximate surface area is 133 Å². The third-order valence-electron chi connectivity index (χ3n) is 3.70. The third kappa shape index (κ3) is 2.99. The lowest BCUT2D eigenvalue weighted by Crippen LogP contribution is -2.23. The molecule has 2 nitrogen and oxygen atoms in total. The van der Waals surface area contributed by atoms with Gasteiger partial charge in [-0.05, 0) is 23.3 Å². The fourth-order valence-electron chi connectivity index (χ4n) is 2.58. The molecule has 0 bridgehead atoms. The summed E-state index contributed by atoms with van der Waals surface area (Å²) in [4.78, 5) is 2.69. The zero-order valence-corrected chi connectivity index (χ0v) is 13.2. The molecule has 0 saturated heterocycles. The highest BCUT2D eigenvalue weighted by Crippen LogP contribution is 2.41. The van der Waals surface area contributed by atoms with Crippen LogP contribution >= 0.6 is 23.5 Å². The molecule has 4 heteroatoms. The standard InChI is InChI=1S/C17H16O2S2/c1-3-7-14-12(5-1)10-18-16(20-14)9-17-19-11-13-6-2-4-8-15(13)21-17/h1-8,16-17H,9-11H2. The fraction of sp³-hybridized carbons (Fsp3) is 0.294. The van der Waals surface area contributed by atoms with Crippen molar-refractivity contribution in [2.45, 2.75) is 40.3 Å². The summed E-state index contributed by atoms with van der Waals surface area (Å²) in [5.74, 6) is 0. The molecule has 2 unspecified atom stereocenters. The second-order valence-electron chi connectivity index (χ2n) is 5.17. The van der Waals surface area contributed by atoms with Gasteiger partial charge in [0.05, 0.1) is 13.2 Å². The van der Waals surface area contributed by atoms with E-state index in [2.05, 4.69) is 48.5 Å². The molecule has 0 fully saturated rings. The fourth-order valence-corrected chi connectivity index (χ4v) is 4.96. The predicted octanol–water partition coefficient (Wildman–Crippen LogP) is 4.67. The van der Waals surface area contributed by atoms with Crippen molar-refractivity contribution in [1.82, 2.24) is 0 Å². The summed E-state index contributed by atoms with van der Waals surface area (Å²) in [6.45, 7) is 1.42. The number of hydrogen-bond donors (Lipinski definition) is 0. The maximum absolute atomic E-state index is 5.96. The molecule has 108 valence electrons. The van der Waals surface area contributed by atoms with E-state index in [9.17, 15) is 0 Å². The summed E-state index contributed by atoms with van der Waals surface area (Å²) < 4.78 is 11.9. The molecular weight excluding hydrogens is 300 g/mol. The second-order valence-corrected chi connectivity index (χ2v) is 7.57. The molecule has 2 aliphatic heterocycles. The van der Waals surface area contributed by atoms with E-state index < -0.39 is 0 Å². The van der Waals surface area contributed by atoms with E-state index in [0.29, 0.717) is 13.2 Å². The number of thioether (sulfide) groups is 2. The molecule has 0 N–H and O–H groups in total. The minimum atomic E-state index is 0.183. The van der Waals surface area contributed by atoms with Crippen molar-refractivity contribution in [3.05, 3.63) is 59.7 Å². The maximum Gasteiger partial charge on any atom is 0.111 e. The van der Waals surface area contributed by atoms with Gasteiger partial charge in [-0.25, -0.2) is 0 Å². The van der Waals surface area contributed by atoms with Crippen LogP contribution in [-0.4, -0.2) is 10.9 Å². The first-order valence-electron chi connectivity index (χ1n) is 7.11. The van der Waals surface area contributed by atoms with Gasteiger partial charge < -0.3 is 9.47 Å². The molecule has 0 aliphatic carbocycles. The second kappa shape index (κ2) is 6.05. The van der Waals surface area contributed by atoms with E-state index in [1.54, 1.807) is 0 Å². The minimum Gasteiger partial charge on any atom is -0.362 e. The quantitative estimate of drug-likeness (QED) is 0.801. The summed E-state index contributed by atoms with van der Waals surface area (Å²) in [6.07, 6.45) is 0.915. The minimum absolute atomic E-state index is 0.183. The van der Waals surface area contributed by atoms with Crippen molar-refractivity contribution in [3.63, 3.8) is 0 Å². The average Bonchev–Trinajstić information content (AvgIpc) is 2.55. The van der Waals surface area contributed by atoms with Crippen molar-refractivity contribution < 1.29 is 9.47 Å². The summed E-state index contributed by atoms with van der Waals surface area (Å²) in [7, 11) is 0. The highest BCUT2D eigenvalue weighted by Gasteiger charge is 2.27. The van der Waals surface area contributed by atoms with Gasteiger partial charge in [0, 0.05) is 16.2 Å². The molecule has 0 aromatic heterocycles. The van der Waals surface area contributed by atoms with E-state index >= 15 is 0 Å². The van der Waals surface area contributed by atoms with Crippen LogP contribution in [0.5, 0.6) is 0 Å². The zero-order valence-electron chi connectivity index (χ0n) is 11.5. The number of benzene rings is 2. The Balaban J connectivity index is 1.42. The van der Waals surface area contributed by atoms with Gasteiger partial charge in [0.15, 0.2) is 0 Å². The van der Waals surface area contributed by atoms with E-state index in [0.717, 1.165) is 6.42 Å². The van der Waals surface area contributed by atoms with Crippen molar-refractivity contribution >= 4 is 23.5 Å². The Bertz CT molecular complexity index is 589. The summed E-state index contributed by atoms with van der Waals surface area (Å²) in [6, 6.07) is 17.0. The number of hydrogen-bond acceptors (Lipinski definition) is 4. The van der Waals surface area contributed by atoms with Crippen LogP contribution in [0, 0.1) is 0 Å². The highest BCUT2D eigenvalue weighted by atomic mass is 32.2. The lowest BCUT2D eigenvalue weighted by Gasteiger charge is -2.30. The van der Waals surface area contributed by atoms with Crippen LogP contribution in [0.25, 0.3) is 0 Å². The van der Waals surface area contributed by atoms with Crippen LogP contribution in [0.1, 0.15) is 17.5 Å². The van der Waals surface area contributed by atoms with Gasteiger partial charge in [-0.15, -0.1) is 0 Å². The van der Waals surface area contributed by atoms with Crippen LogP contribution in [0.15, 0.2) is 58.3 Å². The van der Waals surface area contributed by atoms with E-state index in [1.807, 2.05) is 23.5 Å². The highest BCUT2D eigenvalue weighted by molar-refractivity contribution is 8.00. The van der Waals surface area contributed by atoms with Gasteiger partial charge >= 0.3 is 0 Å². The Morgan fingerprint density at radius 3 is 1.76 bits per heavy atom. The first-order chi connectivity index (χ1) is 10.4. The normalized spacial score (nSPS) is 24.2. The molecule has 21 heavy (non-hydrogen) atoms. The van der Waals surface area contributed by atoms with Crippen LogP contribution in [0.4, 0.5) is 0 Å². The summed E-state index contributed by atoms with van der Waals surface area (Å²) in [5, 5.41) is 0. The van der Waals surface area contributed by atoms with Crippen molar-refractivity contribution in [1.29, 1.82) is 0 Å². The average molecular weight is 316 g/mol. The Hall–Kier alpha value is -0.940. The predicted molar refractivity (Wildman–Crippen MR) is 86.4 cm³/mol. The first kappa shape index (κ1) is 13.7. The van der Waals surface area contributed by atoms with Gasteiger partial charge in [-0.2, -0.15) is 0 Å². The number of ether oxygens (including phenoxy) is 2. The third-order valence-corrected chi connectivity index (χ3v) is 6.18. The zero-order chi connectivity index (χ0) is 14.1. The van der Waals surface area contributed by atoms with Crippen molar-refractivity contribution in [2.24, 2.45) is 0 Å². The van der Waals surface area contributed by atoms with Crippen LogP contribution < -0.4 is 0 Å². The lowest BCUT2D eigenvalue weighted by molar-refractivity contribution is 0.0333. The lowest BCUT2D eigenvalue weighted by atomic mass is 10.2. The van der Waals surface area contributed by atoms with Crippen LogP contribution in [0.3, 0.4) is 0 Å². The molecule has 0 radical (unpaired) electrons. The van der Waals surface area contributed by atoms with Gasteiger partial charge in [0.2, 0.25) is 0 Å². The molecule has 0 amide bonds. The van der Waals surface area contributed by atoms with E-state index in [-0.39, 0.29) is 10.9 Å². The molecule has 2 aliphatic rings. The van der Waals surface area contributed by atoms with Crippen LogP contribution in [0.2, 0.25) is 0 Å².